The molecule has 0 saturated carbocycles. The van der Waals surface area contributed by atoms with Gasteiger partial charge in [0.2, 0.25) is 0 Å². The van der Waals surface area contributed by atoms with Gasteiger partial charge < -0.3 is 15.1 Å². The molecule has 132 valence electrons. The Hall–Kier alpha value is -3.19. The zero-order chi connectivity index (χ0) is 17.9. The minimum Gasteiger partial charge on any atom is -0.481 e. The van der Waals surface area contributed by atoms with Crippen LogP contribution in [-0.4, -0.2) is 42.5 Å². The number of hydrogen-bond donors (Lipinski definition) is 3. The molecule has 0 fully saturated rings. The van der Waals surface area contributed by atoms with Crippen molar-refractivity contribution in [2.75, 3.05) is 6.54 Å². The summed E-state index contributed by atoms with van der Waals surface area (Å²) < 4.78 is 0. The number of rotatable bonds is 7. The number of imidazole rings is 2. The first-order valence-corrected chi connectivity index (χ1v) is 8.49. The molecule has 0 aliphatic carbocycles. The van der Waals surface area contributed by atoms with Gasteiger partial charge in [0.15, 0.2) is 0 Å². The highest BCUT2D eigenvalue weighted by molar-refractivity contribution is 5.75. The number of carboxylic acids is 1. The Morgan fingerprint density at radius 3 is 1.85 bits per heavy atom. The fourth-order valence-electron chi connectivity index (χ4n) is 3.05. The Labute approximate surface area is 149 Å². The van der Waals surface area contributed by atoms with Crippen LogP contribution in [0.1, 0.15) is 18.1 Å². The molecule has 4 aromatic rings. The van der Waals surface area contributed by atoms with Crippen LogP contribution in [0.4, 0.5) is 0 Å². The molecule has 2 aromatic carbocycles. The Morgan fingerprint density at radius 2 is 1.38 bits per heavy atom. The number of carboxylic acid groups (broad SMARTS) is 1. The maximum absolute atomic E-state index is 11.0. The molecule has 3 N–H and O–H groups in total. The molecule has 2 heterocycles. The van der Waals surface area contributed by atoms with Crippen LogP contribution in [0, 0.1) is 0 Å². The van der Waals surface area contributed by atoms with Crippen LogP contribution in [0.3, 0.4) is 0 Å². The van der Waals surface area contributed by atoms with Gasteiger partial charge in [0, 0.05) is 6.54 Å². The van der Waals surface area contributed by atoms with Gasteiger partial charge in [0.1, 0.15) is 11.6 Å². The van der Waals surface area contributed by atoms with Crippen LogP contribution < -0.4 is 0 Å². The molecule has 0 aliphatic heterocycles. The van der Waals surface area contributed by atoms with Gasteiger partial charge in [-0.25, -0.2) is 9.97 Å². The standard InChI is InChI=1S/C19H19N5O2/c25-19(26)9-10-24(11-17-20-13-5-1-2-6-14(13)21-17)12-18-22-15-7-3-4-8-16(15)23-18/h1-8H,9-12H2,(H,20,21)(H,22,23)(H,25,26). The van der Waals surface area contributed by atoms with Gasteiger partial charge in [-0.05, 0) is 24.3 Å². The van der Waals surface area contributed by atoms with Crippen molar-refractivity contribution >= 4 is 28.0 Å². The Bertz CT molecular complexity index is 910. The average Bonchev–Trinajstić information content (AvgIpc) is 3.22. The second-order valence-electron chi connectivity index (χ2n) is 6.26. The summed E-state index contributed by atoms with van der Waals surface area (Å²) in [5, 5.41) is 9.05. The Balaban J connectivity index is 1.55. The maximum Gasteiger partial charge on any atom is 0.304 e. The van der Waals surface area contributed by atoms with Crippen LogP contribution in [0.25, 0.3) is 22.1 Å². The highest BCUT2D eigenvalue weighted by atomic mass is 16.4. The SMILES string of the molecule is O=C(O)CCN(Cc1nc2ccccc2[nH]1)Cc1nc2ccccc2[nH]1. The van der Waals surface area contributed by atoms with Crippen molar-refractivity contribution in [2.45, 2.75) is 19.5 Å². The molecule has 0 radical (unpaired) electrons. The second kappa shape index (κ2) is 6.97. The monoisotopic (exact) mass is 349 g/mol. The molecule has 26 heavy (non-hydrogen) atoms. The number of carbonyl (C=O) groups is 1. The van der Waals surface area contributed by atoms with Crippen molar-refractivity contribution in [3.05, 3.63) is 60.2 Å². The third kappa shape index (κ3) is 3.57. The van der Waals surface area contributed by atoms with Crippen molar-refractivity contribution in [2.24, 2.45) is 0 Å². The highest BCUT2D eigenvalue weighted by Gasteiger charge is 2.14. The van der Waals surface area contributed by atoms with Crippen LogP contribution in [-0.2, 0) is 17.9 Å². The molecule has 0 unspecified atom stereocenters. The summed E-state index contributed by atoms with van der Waals surface area (Å²) in [6.45, 7) is 1.47. The number of fused-ring (bicyclic) bond motifs is 2. The van der Waals surface area contributed by atoms with Crippen molar-refractivity contribution < 1.29 is 9.90 Å². The van der Waals surface area contributed by atoms with E-state index in [-0.39, 0.29) is 6.42 Å². The highest BCUT2D eigenvalue weighted by Crippen LogP contribution is 2.15. The first kappa shape index (κ1) is 16.3. The van der Waals surface area contributed by atoms with Gasteiger partial charge >= 0.3 is 5.97 Å². The van der Waals surface area contributed by atoms with Gasteiger partial charge in [0.25, 0.3) is 0 Å². The van der Waals surface area contributed by atoms with Crippen LogP contribution >= 0.6 is 0 Å². The minimum atomic E-state index is -0.816. The van der Waals surface area contributed by atoms with E-state index in [9.17, 15) is 4.79 Å². The van der Waals surface area contributed by atoms with E-state index < -0.39 is 5.97 Å². The third-order valence-electron chi connectivity index (χ3n) is 4.27. The molecule has 4 rings (SSSR count). The number of aromatic nitrogens is 4. The molecule has 0 aliphatic rings. The van der Waals surface area contributed by atoms with Crippen LogP contribution in [0.15, 0.2) is 48.5 Å². The zero-order valence-electron chi connectivity index (χ0n) is 14.1. The molecule has 0 bridgehead atoms. The van der Waals surface area contributed by atoms with Crippen LogP contribution in [0.5, 0.6) is 0 Å². The summed E-state index contributed by atoms with van der Waals surface area (Å²) >= 11 is 0. The number of H-pyrrole nitrogens is 2. The molecular formula is C19H19N5O2. The number of benzene rings is 2. The summed E-state index contributed by atoms with van der Waals surface area (Å²) in [5.74, 6) is 0.810. The van der Waals surface area contributed by atoms with E-state index in [2.05, 4.69) is 19.9 Å². The van der Waals surface area contributed by atoms with Gasteiger partial charge in [0.05, 0.1) is 41.6 Å². The molecule has 7 heteroatoms. The average molecular weight is 349 g/mol. The quantitative estimate of drug-likeness (QED) is 0.476. The summed E-state index contributed by atoms with van der Waals surface area (Å²) in [6, 6.07) is 15.7. The van der Waals surface area contributed by atoms with E-state index >= 15 is 0 Å². The van der Waals surface area contributed by atoms with E-state index in [1.807, 2.05) is 53.4 Å². The topological polar surface area (TPSA) is 97.9 Å². The molecule has 7 nitrogen and oxygen atoms in total. The van der Waals surface area contributed by atoms with Gasteiger partial charge in [-0.1, -0.05) is 24.3 Å². The number of para-hydroxylation sites is 4. The lowest BCUT2D eigenvalue weighted by molar-refractivity contribution is -0.137. The number of aliphatic carboxylic acids is 1. The fourth-order valence-corrected chi connectivity index (χ4v) is 3.05. The lowest BCUT2D eigenvalue weighted by Crippen LogP contribution is -2.26. The van der Waals surface area contributed by atoms with Gasteiger partial charge in [-0.2, -0.15) is 0 Å². The predicted molar refractivity (Wildman–Crippen MR) is 98.6 cm³/mol. The normalized spacial score (nSPS) is 11.6. The molecule has 0 atom stereocenters. The Morgan fingerprint density at radius 1 is 0.885 bits per heavy atom. The number of hydrogen-bond acceptors (Lipinski definition) is 4. The zero-order valence-corrected chi connectivity index (χ0v) is 14.1. The lowest BCUT2D eigenvalue weighted by Gasteiger charge is -2.19. The number of aromatic amines is 2. The van der Waals surface area contributed by atoms with Gasteiger partial charge in [-0.3, -0.25) is 9.69 Å². The first-order valence-electron chi connectivity index (χ1n) is 8.49. The van der Waals surface area contributed by atoms with E-state index in [1.165, 1.54) is 0 Å². The molecular weight excluding hydrogens is 330 g/mol. The van der Waals surface area contributed by atoms with Crippen molar-refractivity contribution in [3.8, 4) is 0 Å². The van der Waals surface area contributed by atoms with E-state index in [0.29, 0.717) is 19.6 Å². The fraction of sp³-hybridized carbons (Fsp3) is 0.211. The van der Waals surface area contributed by atoms with Crippen molar-refractivity contribution in [1.29, 1.82) is 0 Å². The summed E-state index contributed by atoms with van der Waals surface area (Å²) in [4.78, 5) is 28.8. The predicted octanol–water partition coefficient (Wildman–Crippen LogP) is 2.92. The first-order chi connectivity index (χ1) is 12.7. The second-order valence-corrected chi connectivity index (χ2v) is 6.26. The summed E-state index contributed by atoms with van der Waals surface area (Å²) in [5.41, 5.74) is 3.77. The molecule has 2 aromatic heterocycles. The molecule has 0 spiro atoms. The Kier molecular flexibility index (Phi) is 4.37. The number of nitrogens with zero attached hydrogens (tertiary/aromatic N) is 3. The van der Waals surface area contributed by atoms with E-state index in [0.717, 1.165) is 33.7 Å². The van der Waals surface area contributed by atoms with Crippen molar-refractivity contribution in [1.82, 2.24) is 24.8 Å². The van der Waals surface area contributed by atoms with E-state index in [4.69, 9.17) is 5.11 Å². The minimum absolute atomic E-state index is 0.0699. The smallest absolute Gasteiger partial charge is 0.304 e. The van der Waals surface area contributed by atoms with E-state index in [1.54, 1.807) is 0 Å². The maximum atomic E-state index is 11.0. The summed E-state index contributed by atoms with van der Waals surface area (Å²) in [7, 11) is 0. The molecule has 0 saturated heterocycles. The molecule has 0 amide bonds. The van der Waals surface area contributed by atoms with Crippen LogP contribution in [0.2, 0.25) is 0 Å². The third-order valence-corrected chi connectivity index (χ3v) is 4.27. The lowest BCUT2D eigenvalue weighted by atomic mass is 10.3. The van der Waals surface area contributed by atoms with Crippen molar-refractivity contribution in [3.63, 3.8) is 0 Å². The summed E-state index contributed by atoms with van der Waals surface area (Å²) in [6.07, 6.45) is 0.0699. The van der Waals surface area contributed by atoms with Gasteiger partial charge in [-0.15, -0.1) is 0 Å². The largest absolute Gasteiger partial charge is 0.481 e. The number of nitrogens with one attached hydrogen (secondary N) is 2.